The number of halogens is 2. The monoisotopic (exact) mass is 814 g/mol. The van der Waals surface area contributed by atoms with Crippen molar-refractivity contribution in [1.29, 1.82) is 0 Å². The van der Waals surface area contributed by atoms with E-state index in [-0.39, 0.29) is 30.0 Å². The normalized spacial score (nSPS) is 15.8. The second-order valence-corrected chi connectivity index (χ2v) is 16.8. The maximum atomic E-state index is 13.9. The smallest absolute Gasteiger partial charge is 0.410 e. The number of nitrogens with zero attached hydrogens (tertiary/aromatic N) is 6. The van der Waals surface area contributed by atoms with Crippen molar-refractivity contribution in [3.8, 4) is 16.9 Å². The number of fused-ring (bicyclic) bond motifs is 2. The number of aromatic carboxylic acids is 1. The number of hydrogen-bond acceptors (Lipinski definition) is 7. The lowest BCUT2D eigenvalue weighted by atomic mass is 9.98. The molecule has 0 saturated carbocycles. The Bertz CT molecular complexity index is 2380. The molecule has 1 N–H and O–H groups in total. The molecule has 12 nitrogen and oxygen atoms in total. The molecule has 2 aliphatic rings. The molecular formula is C44H52ClFN6O6. The van der Waals surface area contributed by atoms with Crippen LogP contribution in [-0.4, -0.2) is 110 Å². The highest BCUT2D eigenvalue weighted by Gasteiger charge is 2.35. The maximum absolute atomic E-state index is 13.9. The third-order valence-corrected chi connectivity index (χ3v) is 11.7. The van der Waals surface area contributed by atoms with Crippen LogP contribution in [0, 0.1) is 19.7 Å². The Hall–Kier alpha value is -5.14. The molecule has 58 heavy (non-hydrogen) atoms. The molecule has 2 aliphatic heterocycles. The van der Waals surface area contributed by atoms with Crippen LogP contribution in [0.1, 0.15) is 67.5 Å². The fourth-order valence-electron chi connectivity index (χ4n) is 8.62. The minimum absolute atomic E-state index is 0.00736. The summed E-state index contributed by atoms with van der Waals surface area (Å²) in [6, 6.07) is 14.0. The summed E-state index contributed by atoms with van der Waals surface area (Å²) in [6.07, 6.45) is 2.06. The van der Waals surface area contributed by atoms with E-state index in [1.807, 2.05) is 86.1 Å². The van der Waals surface area contributed by atoms with Crippen LogP contribution < -0.4 is 4.74 Å². The molecule has 2 fully saturated rings. The number of rotatable bonds is 11. The Morgan fingerprint density at radius 3 is 2.40 bits per heavy atom. The maximum Gasteiger partial charge on any atom is 0.410 e. The van der Waals surface area contributed by atoms with E-state index in [0.717, 1.165) is 70.1 Å². The third kappa shape index (κ3) is 8.38. The third-order valence-electron chi connectivity index (χ3n) is 11.4. The molecule has 0 spiro atoms. The molecule has 0 radical (unpaired) electrons. The summed E-state index contributed by atoms with van der Waals surface area (Å²) in [5, 5.41) is 18.5. The minimum atomic E-state index is -1.02. The van der Waals surface area contributed by atoms with Crippen LogP contribution in [0.25, 0.3) is 32.8 Å². The van der Waals surface area contributed by atoms with Gasteiger partial charge in [-0.15, -0.1) is 0 Å². The molecule has 5 aromatic rings. The van der Waals surface area contributed by atoms with Gasteiger partial charge in [0.05, 0.1) is 22.8 Å². The van der Waals surface area contributed by atoms with Crippen molar-refractivity contribution in [3.05, 3.63) is 82.0 Å². The van der Waals surface area contributed by atoms with E-state index in [9.17, 15) is 23.9 Å². The Morgan fingerprint density at radius 2 is 1.72 bits per heavy atom. The van der Waals surface area contributed by atoms with Crippen molar-refractivity contribution in [2.75, 3.05) is 45.9 Å². The molecule has 7 rings (SSSR count). The number of carboxylic acid groups (broad SMARTS) is 1. The number of carbonyl (C=O) groups is 3. The topological polar surface area (TPSA) is 122 Å². The number of carbonyl (C=O) groups excluding carboxylic acids is 2. The van der Waals surface area contributed by atoms with Gasteiger partial charge in [-0.1, -0.05) is 29.8 Å². The van der Waals surface area contributed by atoms with Gasteiger partial charge < -0.3 is 28.9 Å². The zero-order valence-corrected chi connectivity index (χ0v) is 34.9. The Morgan fingerprint density at radius 1 is 0.983 bits per heavy atom. The Kier molecular flexibility index (Phi) is 11.8. The van der Waals surface area contributed by atoms with E-state index < -0.39 is 17.7 Å². The van der Waals surface area contributed by atoms with Crippen LogP contribution in [-0.2, 0) is 29.5 Å². The van der Waals surface area contributed by atoms with Gasteiger partial charge in [-0.3, -0.25) is 14.4 Å². The van der Waals surface area contributed by atoms with Crippen LogP contribution in [0.15, 0.2) is 48.5 Å². The molecule has 3 aromatic carbocycles. The summed E-state index contributed by atoms with van der Waals surface area (Å²) in [6.45, 7) is 13.1. The first-order valence-electron chi connectivity index (χ1n) is 20.0. The van der Waals surface area contributed by atoms with Crippen molar-refractivity contribution in [1.82, 2.24) is 29.0 Å². The molecule has 4 heterocycles. The van der Waals surface area contributed by atoms with Gasteiger partial charge in [0, 0.05) is 80.0 Å². The van der Waals surface area contributed by atoms with E-state index >= 15 is 0 Å². The highest BCUT2D eigenvalue weighted by Crippen LogP contribution is 2.42. The quantitative estimate of drug-likeness (QED) is 0.134. The number of benzene rings is 3. The molecule has 308 valence electrons. The Labute approximate surface area is 343 Å². The zero-order valence-electron chi connectivity index (χ0n) is 34.1. The van der Waals surface area contributed by atoms with Crippen LogP contribution in [0.3, 0.4) is 0 Å². The van der Waals surface area contributed by atoms with Crippen molar-refractivity contribution in [3.63, 3.8) is 0 Å². The van der Waals surface area contributed by atoms with Crippen molar-refractivity contribution >= 4 is 51.2 Å². The minimum Gasteiger partial charge on any atom is -0.493 e. The molecule has 0 atom stereocenters. The largest absolute Gasteiger partial charge is 0.493 e. The average molecular weight is 815 g/mol. The van der Waals surface area contributed by atoms with E-state index in [0.29, 0.717) is 62.0 Å². The standard InChI is InChI=1S/C44H52ClFN6O6/c1-27-38(28(2)48(6)47-27)39-35(45)15-14-34-33(10-8-24-57-36-11-7-9-29-25-30(46)12-13-32(29)36)41(42(54)55)52(40(34)39)22-20-49-18-16-31(17-19-49)51-23-21-50(26-37(51)53)43(56)58-44(3,4)5/h7,9,11-15,25,31H,8,10,16-24,26H2,1-6H3,(H,54,55). The number of aryl methyl sites for hydroxylation is 3. The second-order valence-electron chi connectivity index (χ2n) is 16.4. The number of likely N-dealkylation sites (tertiary alicyclic amines) is 1. The zero-order chi connectivity index (χ0) is 41.5. The molecule has 0 bridgehead atoms. The summed E-state index contributed by atoms with van der Waals surface area (Å²) in [5.41, 5.74) is 4.43. The number of piperazine rings is 1. The number of amides is 2. The first-order chi connectivity index (χ1) is 27.6. The van der Waals surface area contributed by atoms with Gasteiger partial charge in [-0.2, -0.15) is 5.10 Å². The fourth-order valence-corrected chi connectivity index (χ4v) is 8.87. The van der Waals surface area contributed by atoms with Gasteiger partial charge in [-0.05, 0) is 102 Å². The first kappa shape index (κ1) is 41.0. The number of hydrogen-bond donors (Lipinski definition) is 1. The van der Waals surface area contributed by atoms with Gasteiger partial charge in [0.1, 0.15) is 29.4 Å². The fraction of sp³-hybridized carbons (Fsp3) is 0.455. The summed E-state index contributed by atoms with van der Waals surface area (Å²) in [4.78, 5) is 44.9. The van der Waals surface area contributed by atoms with E-state index in [1.165, 1.54) is 17.0 Å². The lowest BCUT2D eigenvalue weighted by molar-refractivity contribution is -0.139. The highest BCUT2D eigenvalue weighted by atomic mass is 35.5. The lowest BCUT2D eigenvalue weighted by Gasteiger charge is -2.42. The molecular weight excluding hydrogens is 763 g/mol. The van der Waals surface area contributed by atoms with Crippen molar-refractivity contribution in [2.24, 2.45) is 7.05 Å². The Balaban J connectivity index is 1.11. The summed E-state index contributed by atoms with van der Waals surface area (Å²) < 4.78 is 29.3. The summed E-state index contributed by atoms with van der Waals surface area (Å²) >= 11 is 7.05. The number of piperidine rings is 1. The summed E-state index contributed by atoms with van der Waals surface area (Å²) in [5.74, 6) is -0.762. The number of aromatic nitrogens is 3. The van der Waals surface area contributed by atoms with Crippen LogP contribution in [0.4, 0.5) is 9.18 Å². The van der Waals surface area contributed by atoms with Crippen LogP contribution >= 0.6 is 11.6 Å². The molecule has 0 aliphatic carbocycles. The van der Waals surface area contributed by atoms with E-state index in [1.54, 1.807) is 6.07 Å². The number of carboxylic acids is 1. The van der Waals surface area contributed by atoms with Gasteiger partial charge >= 0.3 is 12.1 Å². The van der Waals surface area contributed by atoms with Gasteiger partial charge in [-0.25, -0.2) is 14.0 Å². The van der Waals surface area contributed by atoms with E-state index in [2.05, 4.69) is 10.00 Å². The van der Waals surface area contributed by atoms with Crippen LogP contribution in [0.5, 0.6) is 5.75 Å². The average Bonchev–Trinajstić information content (AvgIpc) is 3.62. The summed E-state index contributed by atoms with van der Waals surface area (Å²) in [7, 11) is 1.89. The molecule has 2 saturated heterocycles. The second kappa shape index (κ2) is 16.6. The van der Waals surface area contributed by atoms with E-state index in [4.69, 9.17) is 21.1 Å². The molecule has 2 aromatic heterocycles. The van der Waals surface area contributed by atoms with Crippen LogP contribution in [0.2, 0.25) is 5.02 Å². The molecule has 2 amide bonds. The van der Waals surface area contributed by atoms with Crippen molar-refractivity contribution in [2.45, 2.75) is 78.5 Å². The van der Waals surface area contributed by atoms with Crippen molar-refractivity contribution < 1.29 is 33.4 Å². The predicted molar refractivity (Wildman–Crippen MR) is 222 cm³/mol. The SMILES string of the molecule is Cc1nn(C)c(C)c1-c1c(Cl)ccc2c(CCCOc3cccc4cc(F)ccc34)c(C(=O)O)n(CCN3CCC(N4CCN(C(=O)OC(C)(C)C)CC4=O)CC3)c12. The first-order valence-corrected chi connectivity index (χ1v) is 20.4. The number of ether oxygens (including phenoxy) is 2. The predicted octanol–water partition coefficient (Wildman–Crippen LogP) is 7.86. The lowest BCUT2D eigenvalue weighted by Crippen LogP contribution is -2.57. The van der Waals surface area contributed by atoms with Gasteiger partial charge in [0.2, 0.25) is 5.91 Å². The van der Waals surface area contributed by atoms with Gasteiger partial charge in [0.25, 0.3) is 0 Å². The molecule has 0 unspecified atom stereocenters. The molecule has 14 heteroatoms. The van der Waals surface area contributed by atoms with Gasteiger partial charge in [0.15, 0.2) is 0 Å². The highest BCUT2D eigenvalue weighted by molar-refractivity contribution is 6.35.